The van der Waals surface area contributed by atoms with Gasteiger partial charge in [0.25, 0.3) is 0 Å². The van der Waals surface area contributed by atoms with Crippen LogP contribution < -0.4 is 10.3 Å². The summed E-state index contributed by atoms with van der Waals surface area (Å²) in [6.45, 7) is 2.23. The van der Waals surface area contributed by atoms with Crippen molar-refractivity contribution in [2.75, 3.05) is 4.90 Å². The third kappa shape index (κ3) is 3.74. The second kappa shape index (κ2) is 8.88. The van der Waals surface area contributed by atoms with Crippen LogP contribution in [0.15, 0.2) is 114 Å². The molecule has 0 atom stereocenters. The zero-order valence-corrected chi connectivity index (χ0v) is 22.3. The van der Waals surface area contributed by atoms with Crippen molar-refractivity contribution in [3.63, 3.8) is 0 Å². The first-order valence-corrected chi connectivity index (χ1v) is 14.4. The number of fused-ring (bicyclic) bond motifs is 4. The van der Waals surface area contributed by atoms with Gasteiger partial charge in [0.15, 0.2) is 0 Å². The van der Waals surface area contributed by atoms with E-state index in [9.17, 15) is 4.79 Å². The van der Waals surface area contributed by atoms with Crippen LogP contribution in [0, 0.1) is 6.92 Å². The molecular weight excluding hydrogens is 517 g/mol. The number of anilines is 3. The molecule has 0 amide bonds. The minimum absolute atomic E-state index is 0.156. The van der Waals surface area contributed by atoms with E-state index in [4.69, 9.17) is 0 Å². The number of benzene rings is 5. The third-order valence-corrected chi connectivity index (χ3v) is 9.92. The molecule has 0 spiro atoms. The molecule has 0 saturated carbocycles. The second-order valence-corrected chi connectivity index (χ2v) is 12.0. The van der Waals surface area contributed by atoms with Crippen LogP contribution >= 0.6 is 0 Å². The van der Waals surface area contributed by atoms with Crippen molar-refractivity contribution in [3.05, 3.63) is 147 Å². The Bertz CT molecular complexity index is 1820. The Kier molecular flexibility index (Phi) is 5.35. The molecule has 0 unspecified atom stereocenters. The number of nitrogens with zero attached hydrogens (tertiary/aromatic N) is 1. The van der Waals surface area contributed by atoms with E-state index in [1.807, 2.05) is 18.2 Å². The minimum atomic E-state index is 0.156. The predicted octanol–water partition coefficient (Wildman–Crippen LogP) is 7.68. The summed E-state index contributed by atoms with van der Waals surface area (Å²) in [4.78, 5) is 15.8. The third-order valence-electron chi connectivity index (χ3n) is 7.54. The zero-order chi connectivity index (χ0) is 24.9. The molecule has 1 aliphatic rings. The van der Waals surface area contributed by atoms with E-state index in [1.54, 1.807) is 0 Å². The molecule has 0 bridgehead atoms. The summed E-state index contributed by atoms with van der Waals surface area (Å²) >= 11 is 0.156. The van der Waals surface area contributed by atoms with Gasteiger partial charge >= 0.3 is 223 Å². The van der Waals surface area contributed by atoms with E-state index in [-0.39, 0.29) is 19.9 Å². The summed E-state index contributed by atoms with van der Waals surface area (Å²) < 4.78 is 2.42. The fourth-order valence-corrected chi connectivity index (χ4v) is 8.02. The van der Waals surface area contributed by atoms with E-state index >= 15 is 0 Å². The average molecular weight is 543 g/mol. The first-order chi connectivity index (χ1) is 18.2. The van der Waals surface area contributed by atoms with Crippen molar-refractivity contribution in [2.45, 2.75) is 19.8 Å². The maximum absolute atomic E-state index is 13.4. The molecule has 2 nitrogen and oxygen atoms in total. The normalized spacial score (nSPS) is 12.4. The average Bonchev–Trinajstić information content (AvgIpc) is 2.94. The molecular formula is C34H25NOSe. The first kappa shape index (κ1) is 22.3. The van der Waals surface area contributed by atoms with Gasteiger partial charge in [0.1, 0.15) is 0 Å². The predicted molar refractivity (Wildman–Crippen MR) is 156 cm³/mol. The Balaban J connectivity index is 1.43. The number of aryl methyl sites for hydroxylation is 1. The number of rotatable bonds is 3. The van der Waals surface area contributed by atoms with Crippen molar-refractivity contribution in [1.82, 2.24) is 0 Å². The van der Waals surface area contributed by atoms with Crippen LogP contribution in [0.25, 0.3) is 19.3 Å². The van der Waals surface area contributed by atoms with Gasteiger partial charge in [0, 0.05) is 0 Å². The van der Waals surface area contributed by atoms with E-state index in [2.05, 4.69) is 103 Å². The molecule has 6 aromatic rings. The molecule has 1 heterocycles. The van der Waals surface area contributed by atoms with Gasteiger partial charge in [-0.2, -0.15) is 0 Å². The van der Waals surface area contributed by atoms with Crippen molar-refractivity contribution >= 4 is 50.9 Å². The van der Waals surface area contributed by atoms with Gasteiger partial charge < -0.3 is 0 Å². The van der Waals surface area contributed by atoms with Gasteiger partial charge in [-0.25, -0.2) is 0 Å². The maximum atomic E-state index is 13.4. The van der Waals surface area contributed by atoms with Gasteiger partial charge in [0.2, 0.25) is 0 Å². The quantitative estimate of drug-likeness (QED) is 0.169. The summed E-state index contributed by atoms with van der Waals surface area (Å²) in [5.74, 6) is 0. The molecule has 1 aromatic heterocycles. The van der Waals surface area contributed by atoms with Gasteiger partial charge in [-0.15, -0.1) is 0 Å². The first-order valence-electron chi connectivity index (χ1n) is 12.7. The van der Waals surface area contributed by atoms with Crippen LogP contribution in [-0.4, -0.2) is 14.5 Å². The molecule has 37 heavy (non-hydrogen) atoms. The Morgan fingerprint density at radius 1 is 0.622 bits per heavy atom. The standard InChI is InChI=1S/C34H25NOSe/c1-22-16-17-31(35(25-10-4-2-5-11-25)26-12-6-3-7-13-26)29-19-23-20-30-33(21-24(23)18-28(22)29)37-32-15-9-8-14-27(32)34(30)36/h2-17,20-21H,18-19H2,1H3. The van der Waals surface area contributed by atoms with Crippen molar-refractivity contribution in [1.29, 1.82) is 0 Å². The monoisotopic (exact) mass is 543 g/mol. The number of para-hydroxylation sites is 2. The number of hydrogen-bond acceptors (Lipinski definition) is 2. The molecule has 7 rings (SSSR count). The Morgan fingerprint density at radius 3 is 1.97 bits per heavy atom. The van der Waals surface area contributed by atoms with Crippen LogP contribution in [0.2, 0.25) is 0 Å². The Morgan fingerprint density at radius 2 is 1.24 bits per heavy atom. The van der Waals surface area contributed by atoms with Crippen molar-refractivity contribution < 1.29 is 0 Å². The van der Waals surface area contributed by atoms with Crippen molar-refractivity contribution in [2.24, 2.45) is 0 Å². The molecule has 0 radical (unpaired) electrons. The fraction of sp³-hybridized carbons (Fsp3) is 0.0882. The second-order valence-electron chi connectivity index (χ2n) is 9.76. The molecule has 0 N–H and O–H groups in total. The zero-order valence-electron chi connectivity index (χ0n) is 20.6. The van der Waals surface area contributed by atoms with Crippen LogP contribution in [0.4, 0.5) is 17.1 Å². The van der Waals surface area contributed by atoms with E-state index in [0.29, 0.717) is 0 Å². The molecule has 5 aromatic carbocycles. The van der Waals surface area contributed by atoms with Crippen LogP contribution in [0.5, 0.6) is 0 Å². The van der Waals surface area contributed by atoms with Crippen LogP contribution in [0.3, 0.4) is 0 Å². The van der Waals surface area contributed by atoms with E-state index in [0.717, 1.165) is 35.0 Å². The van der Waals surface area contributed by atoms with E-state index < -0.39 is 0 Å². The topological polar surface area (TPSA) is 20.3 Å². The van der Waals surface area contributed by atoms with Gasteiger partial charge in [-0.3, -0.25) is 0 Å². The molecule has 3 heteroatoms. The number of hydrogen-bond donors (Lipinski definition) is 0. The summed E-state index contributed by atoms with van der Waals surface area (Å²) in [7, 11) is 0. The van der Waals surface area contributed by atoms with Gasteiger partial charge in [0.05, 0.1) is 0 Å². The Labute approximate surface area is 222 Å². The van der Waals surface area contributed by atoms with Gasteiger partial charge in [-0.1, -0.05) is 0 Å². The van der Waals surface area contributed by atoms with Crippen LogP contribution in [0.1, 0.15) is 27.8 Å². The van der Waals surface area contributed by atoms with Crippen LogP contribution in [-0.2, 0) is 12.8 Å². The summed E-state index contributed by atoms with van der Waals surface area (Å²) in [5.41, 5.74) is 10.4. The summed E-state index contributed by atoms with van der Waals surface area (Å²) in [6.07, 6.45) is 1.73. The molecule has 0 aliphatic heterocycles. The fourth-order valence-electron chi connectivity index (χ4n) is 5.68. The Hall–Kier alpha value is -3.91. The van der Waals surface area contributed by atoms with Gasteiger partial charge in [-0.05, 0) is 0 Å². The molecule has 0 fully saturated rings. The SMILES string of the molecule is Cc1ccc(N(c2ccccc2)c2ccccc2)c2c1Cc1cc3[se]c4ccccc4c(=O)c3cc1C2. The molecule has 0 saturated heterocycles. The molecule has 178 valence electrons. The van der Waals surface area contributed by atoms with E-state index in [1.165, 1.54) is 42.0 Å². The summed E-state index contributed by atoms with van der Waals surface area (Å²) in [5, 5.41) is 1.78. The summed E-state index contributed by atoms with van der Waals surface area (Å²) in [6, 6.07) is 38.4. The van der Waals surface area contributed by atoms with Crippen molar-refractivity contribution in [3.8, 4) is 0 Å². The molecule has 1 aliphatic carbocycles.